The Kier molecular flexibility index (Phi) is 6.13. The van der Waals surface area contributed by atoms with Crippen LogP contribution in [0.25, 0.3) is 0 Å². The van der Waals surface area contributed by atoms with Gasteiger partial charge in [0, 0.05) is 30.8 Å². The maximum Gasteiger partial charge on any atom is 0.271 e. The third kappa shape index (κ3) is 4.75. The molecule has 2 heterocycles. The van der Waals surface area contributed by atoms with Crippen LogP contribution in [0, 0.1) is 0 Å². The van der Waals surface area contributed by atoms with Gasteiger partial charge in [-0.3, -0.25) is 4.79 Å². The Bertz CT molecular complexity index is 931. The number of nitrogens with one attached hydrogen (secondary N) is 1. The van der Waals surface area contributed by atoms with Crippen molar-refractivity contribution in [3.8, 4) is 0 Å². The summed E-state index contributed by atoms with van der Waals surface area (Å²) in [6.07, 6.45) is 3.70. The molecule has 1 N–H and O–H groups in total. The summed E-state index contributed by atoms with van der Waals surface area (Å²) >= 11 is 8.99. The molecule has 3 rings (SSSR count). The topological polar surface area (TPSA) is 59.3 Å². The lowest BCUT2D eigenvalue weighted by atomic mass is 10.1. The average Bonchev–Trinajstić information content (AvgIpc) is 3.26. The van der Waals surface area contributed by atoms with Crippen molar-refractivity contribution in [2.45, 2.75) is 17.8 Å². The minimum atomic E-state index is -0.240. The lowest BCUT2D eigenvalue weighted by Crippen LogP contribution is -2.19. The molecule has 0 bridgehead atoms. The number of aryl methyl sites for hydroxylation is 1. The van der Waals surface area contributed by atoms with Crippen LogP contribution < -0.4 is 5.43 Å². The van der Waals surface area contributed by atoms with Crippen LogP contribution >= 0.6 is 34.7 Å². The first-order valence-corrected chi connectivity index (χ1v) is 10.0. The third-order valence-electron chi connectivity index (χ3n) is 3.62. The van der Waals surface area contributed by atoms with Crippen molar-refractivity contribution in [1.29, 1.82) is 0 Å². The summed E-state index contributed by atoms with van der Waals surface area (Å²) in [7, 11) is 1.97. The molecule has 0 radical (unpaired) electrons. The van der Waals surface area contributed by atoms with E-state index in [4.69, 9.17) is 11.6 Å². The fourth-order valence-corrected chi connectivity index (χ4v) is 4.03. The van der Waals surface area contributed by atoms with E-state index in [1.807, 2.05) is 49.0 Å². The maximum absolute atomic E-state index is 12.2. The van der Waals surface area contributed by atoms with Gasteiger partial charge < -0.3 is 4.57 Å². The quantitative estimate of drug-likeness (QED) is 0.371. The van der Waals surface area contributed by atoms with Crippen LogP contribution in [-0.4, -0.2) is 21.2 Å². The van der Waals surface area contributed by atoms with Crippen LogP contribution in [0.1, 0.15) is 27.7 Å². The second-order valence-corrected chi connectivity index (χ2v) is 8.21. The number of aromatic nitrogens is 2. The number of thiophene rings is 1. The average molecular weight is 405 g/mol. The van der Waals surface area contributed by atoms with E-state index in [-0.39, 0.29) is 5.91 Å². The van der Waals surface area contributed by atoms with Gasteiger partial charge in [0.25, 0.3) is 5.91 Å². The number of benzene rings is 1. The number of imidazole rings is 1. The van der Waals surface area contributed by atoms with E-state index >= 15 is 0 Å². The van der Waals surface area contributed by atoms with Crippen LogP contribution in [0.2, 0.25) is 4.34 Å². The highest BCUT2D eigenvalue weighted by atomic mass is 35.5. The highest BCUT2D eigenvalue weighted by Crippen LogP contribution is 2.22. The van der Waals surface area contributed by atoms with Crippen LogP contribution in [-0.2, 0) is 12.8 Å². The van der Waals surface area contributed by atoms with Crippen LogP contribution in [0.4, 0.5) is 0 Å². The van der Waals surface area contributed by atoms with Crippen LogP contribution in [0.5, 0.6) is 0 Å². The van der Waals surface area contributed by atoms with Crippen molar-refractivity contribution in [2.75, 3.05) is 0 Å². The molecule has 0 spiro atoms. The number of thioether (sulfide) groups is 1. The smallest absolute Gasteiger partial charge is 0.271 e. The lowest BCUT2D eigenvalue weighted by molar-refractivity contribution is 0.0955. The first kappa shape index (κ1) is 18.7. The summed E-state index contributed by atoms with van der Waals surface area (Å²) in [4.78, 5) is 17.4. The van der Waals surface area contributed by atoms with Gasteiger partial charge in [0.15, 0.2) is 5.16 Å². The zero-order valence-electron chi connectivity index (χ0n) is 14.3. The van der Waals surface area contributed by atoms with Crippen molar-refractivity contribution in [2.24, 2.45) is 12.1 Å². The van der Waals surface area contributed by atoms with E-state index in [0.29, 0.717) is 9.90 Å². The number of hydrogen-bond donors (Lipinski definition) is 1. The molecule has 8 heteroatoms. The number of hydrogen-bond acceptors (Lipinski definition) is 5. The number of carbonyl (C=O) groups is 1. The summed E-state index contributed by atoms with van der Waals surface area (Å²) in [5.74, 6) is 0.554. The number of rotatable bonds is 6. The summed E-state index contributed by atoms with van der Waals surface area (Å²) < 4.78 is 2.67. The van der Waals surface area contributed by atoms with Crippen molar-refractivity contribution in [3.05, 3.63) is 69.1 Å². The maximum atomic E-state index is 12.2. The van der Waals surface area contributed by atoms with Gasteiger partial charge >= 0.3 is 0 Å². The van der Waals surface area contributed by atoms with E-state index in [1.54, 1.807) is 30.1 Å². The van der Waals surface area contributed by atoms with Crippen molar-refractivity contribution in [3.63, 3.8) is 0 Å². The molecule has 26 heavy (non-hydrogen) atoms. The van der Waals surface area contributed by atoms with E-state index in [2.05, 4.69) is 15.5 Å². The molecule has 1 aromatic carbocycles. The number of hydrazone groups is 1. The van der Waals surface area contributed by atoms with E-state index < -0.39 is 0 Å². The van der Waals surface area contributed by atoms with E-state index in [9.17, 15) is 4.79 Å². The molecular formula is C18H17ClN4OS2. The fourth-order valence-electron chi connectivity index (χ4n) is 2.15. The molecular weight excluding hydrogens is 388 g/mol. The lowest BCUT2D eigenvalue weighted by Gasteiger charge is -2.04. The molecule has 0 saturated carbocycles. The molecule has 3 aromatic rings. The van der Waals surface area contributed by atoms with E-state index in [1.165, 1.54) is 11.3 Å². The fraction of sp³-hybridized carbons (Fsp3) is 0.167. The Morgan fingerprint density at radius 2 is 2.08 bits per heavy atom. The Morgan fingerprint density at radius 1 is 1.31 bits per heavy atom. The van der Waals surface area contributed by atoms with Crippen molar-refractivity contribution in [1.82, 2.24) is 15.0 Å². The molecule has 0 unspecified atom stereocenters. The van der Waals surface area contributed by atoms with Crippen molar-refractivity contribution >= 4 is 46.3 Å². The van der Waals surface area contributed by atoms with Gasteiger partial charge in [-0.2, -0.15) is 5.10 Å². The predicted octanol–water partition coefficient (Wildman–Crippen LogP) is 4.58. The zero-order chi connectivity index (χ0) is 18.5. The largest absolute Gasteiger partial charge is 0.329 e. The Labute approximate surface area is 165 Å². The van der Waals surface area contributed by atoms with Gasteiger partial charge in [-0.25, -0.2) is 10.4 Å². The first-order valence-electron chi connectivity index (χ1n) is 7.82. The summed E-state index contributed by atoms with van der Waals surface area (Å²) in [5.41, 5.74) is 5.00. The SMILES string of the molecule is CC(=NNC(=O)c1ccc(CSc2nccn2C)cc1)c1ccc(Cl)s1. The minimum Gasteiger partial charge on any atom is -0.329 e. The first-order chi connectivity index (χ1) is 12.5. The molecule has 0 aliphatic heterocycles. The summed E-state index contributed by atoms with van der Waals surface area (Å²) in [5, 5.41) is 5.10. The predicted molar refractivity (Wildman–Crippen MR) is 108 cm³/mol. The molecule has 2 aromatic heterocycles. The highest BCUT2D eigenvalue weighted by Gasteiger charge is 2.07. The molecule has 0 fully saturated rings. The number of carbonyl (C=O) groups excluding carboxylic acids is 1. The van der Waals surface area contributed by atoms with Gasteiger partial charge in [-0.1, -0.05) is 35.5 Å². The Balaban J connectivity index is 1.57. The third-order valence-corrected chi connectivity index (χ3v) is 6.09. The standard InChI is InChI=1S/C18H17ClN4OS2/c1-12(15-7-8-16(19)26-15)21-22-17(24)14-5-3-13(4-6-14)11-25-18-20-9-10-23(18)2/h3-10H,11H2,1-2H3,(H,22,24). The molecule has 0 saturated heterocycles. The van der Waals surface area contributed by atoms with Gasteiger partial charge in [-0.15, -0.1) is 11.3 Å². The molecule has 1 amide bonds. The molecule has 134 valence electrons. The summed E-state index contributed by atoms with van der Waals surface area (Å²) in [6.45, 7) is 1.83. The molecule has 0 aliphatic carbocycles. The van der Waals surface area contributed by atoms with Gasteiger partial charge in [0.1, 0.15) is 0 Å². The Hall–Kier alpha value is -2.09. The number of halogens is 1. The Morgan fingerprint density at radius 3 is 2.69 bits per heavy atom. The van der Waals surface area contributed by atoms with Crippen LogP contribution in [0.15, 0.2) is 59.0 Å². The van der Waals surface area contributed by atoms with Gasteiger partial charge in [0.05, 0.1) is 14.9 Å². The van der Waals surface area contributed by atoms with E-state index in [0.717, 1.165) is 27.1 Å². The van der Waals surface area contributed by atoms with Crippen LogP contribution in [0.3, 0.4) is 0 Å². The number of nitrogens with zero attached hydrogens (tertiary/aromatic N) is 3. The number of amides is 1. The second-order valence-electron chi connectivity index (χ2n) is 5.55. The molecule has 0 aliphatic rings. The normalized spacial score (nSPS) is 11.6. The van der Waals surface area contributed by atoms with Gasteiger partial charge in [-0.05, 0) is 36.8 Å². The monoisotopic (exact) mass is 404 g/mol. The molecule has 5 nitrogen and oxygen atoms in total. The van der Waals surface area contributed by atoms with Crippen molar-refractivity contribution < 1.29 is 4.79 Å². The minimum absolute atomic E-state index is 0.240. The highest BCUT2D eigenvalue weighted by molar-refractivity contribution is 7.98. The molecule has 0 atom stereocenters. The zero-order valence-corrected chi connectivity index (χ0v) is 16.7. The second kappa shape index (κ2) is 8.53. The summed E-state index contributed by atoms with van der Waals surface area (Å²) in [6, 6.07) is 11.2. The van der Waals surface area contributed by atoms with Gasteiger partial charge in [0.2, 0.25) is 0 Å².